The van der Waals surface area contributed by atoms with Crippen LogP contribution in [0.3, 0.4) is 0 Å². The predicted octanol–water partition coefficient (Wildman–Crippen LogP) is 6.81. The highest BCUT2D eigenvalue weighted by molar-refractivity contribution is 7.11. The molecule has 2 rings (SSSR count). The van der Waals surface area contributed by atoms with Crippen LogP contribution >= 0.6 is 22.9 Å². The summed E-state index contributed by atoms with van der Waals surface area (Å²) >= 11 is 8.23. The topological polar surface area (TPSA) is 15.6 Å². The standard InChI is InChI=1S/C24H27ClN2S/c1-7-10-21(23-11-9-16-28-23)24(22(25)8-2)18(4)26-17(3)19-12-14-20(15-13-19)27(5)6/h1,8-12,14,16H,13,15H2,2-6H3/b21-10-,22-8?,24-18-,26-17?. The third kappa shape index (κ3) is 5.38. The molecule has 0 atom stereocenters. The molecule has 0 spiro atoms. The molecule has 0 aliphatic heterocycles. The molecule has 0 amide bonds. The van der Waals surface area contributed by atoms with Crippen LogP contribution in [-0.2, 0) is 0 Å². The molecule has 1 aliphatic carbocycles. The van der Waals surface area contributed by atoms with E-state index in [9.17, 15) is 0 Å². The lowest BCUT2D eigenvalue weighted by Gasteiger charge is -2.21. The Labute approximate surface area is 178 Å². The van der Waals surface area contributed by atoms with E-state index >= 15 is 0 Å². The molecule has 0 N–H and O–H groups in total. The first-order valence-corrected chi connectivity index (χ1v) is 10.5. The van der Waals surface area contributed by atoms with Crippen LogP contribution in [0.2, 0.25) is 0 Å². The van der Waals surface area contributed by atoms with Gasteiger partial charge in [0.2, 0.25) is 0 Å². The van der Waals surface area contributed by atoms with Crippen molar-refractivity contribution in [3.05, 3.63) is 74.3 Å². The molecular formula is C24H27ClN2S. The number of rotatable bonds is 6. The minimum absolute atomic E-state index is 0.649. The van der Waals surface area contributed by atoms with Crippen LogP contribution in [0.5, 0.6) is 0 Å². The van der Waals surface area contributed by atoms with Gasteiger partial charge in [0.25, 0.3) is 0 Å². The summed E-state index contributed by atoms with van der Waals surface area (Å²) in [4.78, 5) is 8.15. The van der Waals surface area contributed by atoms with E-state index in [0.717, 1.165) is 40.3 Å². The molecule has 146 valence electrons. The Bertz CT molecular complexity index is 930. The van der Waals surface area contributed by atoms with Crippen molar-refractivity contribution in [1.29, 1.82) is 0 Å². The summed E-state index contributed by atoms with van der Waals surface area (Å²) in [7, 11) is 4.15. The van der Waals surface area contributed by atoms with Gasteiger partial charge in [-0.1, -0.05) is 35.7 Å². The molecule has 0 aromatic carbocycles. The largest absolute Gasteiger partial charge is 0.381 e. The molecule has 0 fully saturated rings. The van der Waals surface area contributed by atoms with Crippen molar-refractivity contribution >= 4 is 34.2 Å². The van der Waals surface area contributed by atoms with Crippen molar-refractivity contribution in [2.75, 3.05) is 14.1 Å². The molecule has 4 heteroatoms. The summed E-state index contributed by atoms with van der Waals surface area (Å²) in [6.45, 7) is 5.97. The van der Waals surface area contributed by atoms with Crippen molar-refractivity contribution < 1.29 is 0 Å². The van der Waals surface area contributed by atoms with E-state index < -0.39 is 0 Å². The van der Waals surface area contributed by atoms with Gasteiger partial charge >= 0.3 is 0 Å². The third-order valence-electron chi connectivity index (χ3n) is 4.64. The van der Waals surface area contributed by atoms with Crippen LogP contribution in [0, 0.1) is 12.3 Å². The number of aliphatic imine (C=N–C) groups is 1. The molecule has 2 nitrogen and oxygen atoms in total. The molecule has 0 unspecified atom stereocenters. The van der Waals surface area contributed by atoms with Gasteiger partial charge in [-0.05, 0) is 62.8 Å². The normalized spacial score (nSPS) is 16.8. The van der Waals surface area contributed by atoms with Gasteiger partial charge < -0.3 is 4.90 Å². The molecule has 1 heterocycles. The lowest BCUT2D eigenvalue weighted by Crippen LogP contribution is -2.14. The molecule has 1 aromatic heterocycles. The first kappa shape index (κ1) is 22.0. The van der Waals surface area contributed by atoms with E-state index in [0.29, 0.717) is 5.03 Å². The first-order valence-electron chi connectivity index (χ1n) is 9.25. The van der Waals surface area contributed by atoms with Crippen LogP contribution in [0.1, 0.15) is 38.5 Å². The Morgan fingerprint density at radius 3 is 2.54 bits per heavy atom. The average molecular weight is 411 g/mol. The van der Waals surface area contributed by atoms with Gasteiger partial charge in [0, 0.05) is 52.3 Å². The van der Waals surface area contributed by atoms with E-state index in [2.05, 4.69) is 50.1 Å². The van der Waals surface area contributed by atoms with Gasteiger partial charge in [0.15, 0.2) is 0 Å². The van der Waals surface area contributed by atoms with Crippen LogP contribution in [0.4, 0.5) is 0 Å². The number of terminal acetylenes is 1. The average Bonchev–Trinajstić information content (AvgIpc) is 3.21. The smallest absolute Gasteiger partial charge is 0.0469 e. The Morgan fingerprint density at radius 1 is 1.29 bits per heavy atom. The Balaban J connectivity index is 2.51. The summed E-state index contributed by atoms with van der Waals surface area (Å²) < 4.78 is 0. The van der Waals surface area contributed by atoms with Gasteiger partial charge in [-0.15, -0.1) is 17.8 Å². The maximum atomic E-state index is 6.60. The fourth-order valence-electron chi connectivity index (χ4n) is 3.10. The number of allylic oxidation sites excluding steroid dienone is 10. The molecule has 1 aliphatic rings. The second-order valence-electron chi connectivity index (χ2n) is 6.74. The Kier molecular flexibility index (Phi) is 8.11. The van der Waals surface area contributed by atoms with E-state index in [1.165, 1.54) is 11.3 Å². The van der Waals surface area contributed by atoms with Gasteiger partial charge in [-0.25, -0.2) is 0 Å². The van der Waals surface area contributed by atoms with Crippen molar-refractivity contribution in [2.24, 2.45) is 4.99 Å². The molecule has 0 radical (unpaired) electrons. The monoisotopic (exact) mass is 410 g/mol. The zero-order valence-corrected chi connectivity index (χ0v) is 18.8. The van der Waals surface area contributed by atoms with Crippen molar-refractivity contribution in [1.82, 2.24) is 4.90 Å². The Hall–Kier alpha value is -2.28. The summed E-state index contributed by atoms with van der Waals surface area (Å²) in [5, 5.41) is 2.68. The number of thiophene rings is 1. The van der Waals surface area contributed by atoms with E-state index in [4.69, 9.17) is 23.0 Å². The lowest BCUT2D eigenvalue weighted by atomic mass is 9.98. The SMILES string of the molecule is C#C/C=C(\C(C(Cl)=CC)=C(/C)N=C(C)C1=CC=C(N(C)C)CC1)c1cccs1. The third-order valence-corrected chi connectivity index (χ3v) is 5.95. The number of hydrogen-bond donors (Lipinski definition) is 0. The van der Waals surface area contributed by atoms with Crippen LogP contribution in [-0.4, -0.2) is 24.7 Å². The summed E-state index contributed by atoms with van der Waals surface area (Å²) in [5.74, 6) is 2.65. The molecule has 0 saturated heterocycles. The van der Waals surface area contributed by atoms with Crippen molar-refractivity contribution in [3.8, 4) is 12.3 Å². The quantitative estimate of drug-likeness (QED) is 0.285. The maximum absolute atomic E-state index is 6.60. The number of nitrogens with zero attached hydrogens (tertiary/aromatic N) is 2. The maximum Gasteiger partial charge on any atom is 0.0469 e. The van der Waals surface area contributed by atoms with Gasteiger partial charge in [0.05, 0.1) is 0 Å². The van der Waals surface area contributed by atoms with Crippen molar-refractivity contribution in [3.63, 3.8) is 0 Å². The summed E-state index contributed by atoms with van der Waals surface area (Å²) in [6.07, 6.45) is 15.6. The fraction of sp³-hybridized carbons (Fsp3) is 0.292. The van der Waals surface area contributed by atoms with Gasteiger partial charge in [0.1, 0.15) is 0 Å². The van der Waals surface area contributed by atoms with Gasteiger partial charge in [-0.2, -0.15) is 0 Å². The number of hydrogen-bond acceptors (Lipinski definition) is 3. The second kappa shape index (κ2) is 10.3. The number of halogens is 1. The van der Waals surface area contributed by atoms with Crippen LogP contribution < -0.4 is 0 Å². The molecule has 1 aromatic rings. The van der Waals surface area contributed by atoms with Crippen LogP contribution in [0.25, 0.3) is 5.57 Å². The van der Waals surface area contributed by atoms with E-state index in [1.807, 2.05) is 31.4 Å². The second-order valence-corrected chi connectivity index (χ2v) is 8.10. The summed E-state index contributed by atoms with van der Waals surface area (Å²) in [5.41, 5.74) is 6.26. The predicted molar refractivity (Wildman–Crippen MR) is 126 cm³/mol. The summed E-state index contributed by atoms with van der Waals surface area (Å²) in [6, 6.07) is 4.06. The molecule has 0 saturated carbocycles. The minimum Gasteiger partial charge on any atom is -0.381 e. The van der Waals surface area contributed by atoms with Crippen molar-refractivity contribution in [2.45, 2.75) is 33.6 Å². The highest BCUT2D eigenvalue weighted by Gasteiger charge is 2.16. The van der Waals surface area contributed by atoms with Crippen LogP contribution in [0.15, 0.2) is 74.4 Å². The Morgan fingerprint density at radius 2 is 2.04 bits per heavy atom. The molecule has 28 heavy (non-hydrogen) atoms. The lowest BCUT2D eigenvalue weighted by molar-refractivity contribution is 0.485. The van der Waals surface area contributed by atoms with E-state index in [1.54, 1.807) is 17.4 Å². The van der Waals surface area contributed by atoms with Gasteiger partial charge in [-0.3, -0.25) is 4.99 Å². The zero-order chi connectivity index (χ0) is 20.7. The molecular weight excluding hydrogens is 384 g/mol. The first-order chi connectivity index (χ1) is 13.4. The van der Waals surface area contributed by atoms with E-state index in [-0.39, 0.29) is 0 Å². The minimum atomic E-state index is 0.649. The highest BCUT2D eigenvalue weighted by atomic mass is 35.5. The fourth-order valence-corrected chi connectivity index (χ4v) is 4.09. The molecule has 0 bridgehead atoms. The zero-order valence-electron chi connectivity index (χ0n) is 17.2. The highest BCUT2D eigenvalue weighted by Crippen LogP contribution is 2.36.